The predicted octanol–water partition coefficient (Wildman–Crippen LogP) is 4.21. The van der Waals surface area contributed by atoms with Crippen molar-refractivity contribution in [3.63, 3.8) is 0 Å². The summed E-state index contributed by atoms with van der Waals surface area (Å²) < 4.78 is 32.4. The molecule has 2 aromatic carbocycles. The van der Waals surface area contributed by atoms with Gasteiger partial charge < -0.3 is 15.4 Å². The van der Waals surface area contributed by atoms with Gasteiger partial charge >= 0.3 is 0 Å². The summed E-state index contributed by atoms with van der Waals surface area (Å²) in [6.07, 6.45) is 4.17. The molecule has 6 heteroatoms. The second-order valence-corrected chi connectivity index (χ2v) is 6.07. The Morgan fingerprint density at radius 2 is 1.62 bits per heavy atom. The number of nitrogens with one attached hydrogen (secondary N) is 2. The molecule has 1 saturated heterocycles. The van der Waals surface area contributed by atoms with Gasteiger partial charge in [0.2, 0.25) is 5.91 Å². The second kappa shape index (κ2) is 8.58. The van der Waals surface area contributed by atoms with Gasteiger partial charge in [-0.05, 0) is 55.3 Å². The number of hydrogen-bond acceptors (Lipinski definition) is 3. The summed E-state index contributed by atoms with van der Waals surface area (Å²) in [5.74, 6) is -1.88. The van der Waals surface area contributed by atoms with Crippen LogP contribution in [0.1, 0.15) is 18.4 Å². The van der Waals surface area contributed by atoms with E-state index in [1.807, 2.05) is 12.1 Å². The molecule has 0 unspecified atom stereocenters. The average molecular weight is 358 g/mol. The lowest BCUT2D eigenvalue weighted by Crippen LogP contribution is -2.27. The standard InChI is InChI=1S/C20H20F2N2O2/c21-18-2-1-3-19(22)17(18)8-9-20(25)24-15-6-4-14(5-7-15)23-16-10-12-26-13-11-16/h1-9,16,23H,10-13H2,(H,24,25)/b9-8+. The quantitative estimate of drug-likeness (QED) is 0.788. The summed E-state index contributed by atoms with van der Waals surface area (Å²) in [5, 5.41) is 6.09. The zero-order valence-corrected chi connectivity index (χ0v) is 14.2. The Kier molecular flexibility index (Phi) is 5.96. The molecule has 26 heavy (non-hydrogen) atoms. The van der Waals surface area contributed by atoms with Crippen LogP contribution in [0.5, 0.6) is 0 Å². The Morgan fingerprint density at radius 1 is 1.00 bits per heavy atom. The van der Waals surface area contributed by atoms with Gasteiger partial charge in [-0.1, -0.05) is 6.07 Å². The molecular formula is C20H20F2N2O2. The molecular weight excluding hydrogens is 338 g/mol. The highest BCUT2D eigenvalue weighted by molar-refractivity contribution is 6.02. The van der Waals surface area contributed by atoms with Crippen LogP contribution in [0.15, 0.2) is 48.5 Å². The number of benzene rings is 2. The van der Waals surface area contributed by atoms with Crippen molar-refractivity contribution in [3.05, 3.63) is 65.7 Å². The van der Waals surface area contributed by atoms with Gasteiger partial charge in [0.1, 0.15) is 11.6 Å². The van der Waals surface area contributed by atoms with Crippen LogP contribution in [0, 0.1) is 11.6 Å². The third-order valence-electron chi connectivity index (χ3n) is 4.15. The van der Waals surface area contributed by atoms with Crippen molar-refractivity contribution < 1.29 is 18.3 Å². The fourth-order valence-electron chi connectivity index (χ4n) is 2.74. The van der Waals surface area contributed by atoms with Gasteiger partial charge in [0.15, 0.2) is 0 Å². The van der Waals surface area contributed by atoms with Crippen molar-refractivity contribution in [3.8, 4) is 0 Å². The second-order valence-electron chi connectivity index (χ2n) is 6.07. The highest BCUT2D eigenvalue weighted by atomic mass is 19.1. The summed E-state index contributed by atoms with van der Waals surface area (Å²) in [4.78, 5) is 11.9. The molecule has 1 heterocycles. The Hall–Kier alpha value is -2.73. The zero-order valence-electron chi connectivity index (χ0n) is 14.2. The topological polar surface area (TPSA) is 50.4 Å². The molecule has 136 valence electrons. The van der Waals surface area contributed by atoms with Gasteiger partial charge in [-0.25, -0.2) is 8.78 Å². The van der Waals surface area contributed by atoms with Gasteiger partial charge in [0.05, 0.1) is 0 Å². The zero-order chi connectivity index (χ0) is 18.4. The number of amides is 1. The predicted molar refractivity (Wildman–Crippen MR) is 97.9 cm³/mol. The van der Waals surface area contributed by atoms with Crippen LogP contribution in [0.25, 0.3) is 6.08 Å². The maximum atomic E-state index is 13.5. The van der Waals surface area contributed by atoms with Crippen LogP contribution in [0.2, 0.25) is 0 Å². The van der Waals surface area contributed by atoms with Crippen LogP contribution in [0.4, 0.5) is 20.2 Å². The van der Waals surface area contributed by atoms with E-state index in [0.29, 0.717) is 11.7 Å². The van der Waals surface area contributed by atoms with E-state index in [4.69, 9.17) is 4.74 Å². The fraction of sp³-hybridized carbons (Fsp3) is 0.250. The number of halogens is 2. The Labute approximate surface area is 150 Å². The van der Waals surface area contributed by atoms with E-state index in [-0.39, 0.29) is 5.56 Å². The number of rotatable bonds is 5. The highest BCUT2D eigenvalue weighted by Gasteiger charge is 2.13. The van der Waals surface area contributed by atoms with Crippen LogP contribution >= 0.6 is 0 Å². The van der Waals surface area contributed by atoms with Crippen molar-refractivity contribution in [2.75, 3.05) is 23.8 Å². The molecule has 0 atom stereocenters. The molecule has 0 aromatic heterocycles. The highest BCUT2D eigenvalue weighted by Crippen LogP contribution is 2.18. The third-order valence-corrected chi connectivity index (χ3v) is 4.15. The minimum atomic E-state index is -0.711. The Morgan fingerprint density at radius 3 is 2.27 bits per heavy atom. The molecule has 0 bridgehead atoms. The van der Waals surface area contributed by atoms with Crippen molar-refractivity contribution in [2.45, 2.75) is 18.9 Å². The van der Waals surface area contributed by atoms with E-state index >= 15 is 0 Å². The van der Waals surface area contributed by atoms with E-state index < -0.39 is 17.5 Å². The monoisotopic (exact) mass is 358 g/mol. The first-order valence-electron chi connectivity index (χ1n) is 8.49. The van der Waals surface area contributed by atoms with E-state index in [1.54, 1.807) is 12.1 Å². The molecule has 3 rings (SSSR count). The number of carbonyl (C=O) groups excluding carboxylic acids is 1. The molecule has 0 radical (unpaired) electrons. The van der Waals surface area contributed by atoms with E-state index in [2.05, 4.69) is 10.6 Å². The minimum Gasteiger partial charge on any atom is -0.382 e. The first kappa shape index (κ1) is 18.1. The van der Waals surface area contributed by atoms with E-state index in [9.17, 15) is 13.6 Å². The number of hydrogen-bond donors (Lipinski definition) is 2. The molecule has 2 N–H and O–H groups in total. The van der Waals surface area contributed by atoms with Gasteiger partial charge in [-0.15, -0.1) is 0 Å². The summed E-state index contributed by atoms with van der Waals surface area (Å²) >= 11 is 0. The average Bonchev–Trinajstić information content (AvgIpc) is 2.64. The van der Waals surface area contributed by atoms with Gasteiger partial charge in [-0.3, -0.25) is 4.79 Å². The summed E-state index contributed by atoms with van der Waals surface area (Å²) in [6, 6.07) is 11.3. The molecule has 0 spiro atoms. The maximum absolute atomic E-state index is 13.5. The van der Waals surface area contributed by atoms with E-state index in [1.165, 1.54) is 6.07 Å². The molecule has 1 amide bonds. The van der Waals surface area contributed by atoms with E-state index in [0.717, 1.165) is 56.0 Å². The SMILES string of the molecule is O=C(/C=C/c1c(F)cccc1F)Nc1ccc(NC2CCOCC2)cc1. The first-order valence-corrected chi connectivity index (χ1v) is 8.49. The van der Waals surface area contributed by atoms with Crippen LogP contribution < -0.4 is 10.6 Å². The third kappa shape index (κ3) is 4.89. The number of carbonyl (C=O) groups is 1. The van der Waals surface area contributed by atoms with Crippen LogP contribution in [-0.4, -0.2) is 25.2 Å². The van der Waals surface area contributed by atoms with Crippen LogP contribution in [0.3, 0.4) is 0 Å². The molecule has 2 aromatic rings. The lowest BCUT2D eigenvalue weighted by molar-refractivity contribution is -0.111. The molecule has 1 aliphatic heterocycles. The van der Waals surface area contributed by atoms with Gasteiger partial charge in [-0.2, -0.15) is 0 Å². The smallest absolute Gasteiger partial charge is 0.248 e. The molecule has 4 nitrogen and oxygen atoms in total. The van der Waals surface area contributed by atoms with Crippen molar-refractivity contribution >= 4 is 23.4 Å². The number of ether oxygens (including phenoxy) is 1. The molecule has 0 saturated carbocycles. The largest absolute Gasteiger partial charge is 0.382 e. The summed E-state index contributed by atoms with van der Waals surface area (Å²) in [7, 11) is 0. The summed E-state index contributed by atoms with van der Waals surface area (Å²) in [5.41, 5.74) is 1.34. The van der Waals surface area contributed by atoms with Gasteiger partial charge in [0.25, 0.3) is 0 Å². The lowest BCUT2D eigenvalue weighted by Gasteiger charge is -2.24. The number of anilines is 2. The minimum absolute atomic E-state index is 0.237. The molecule has 1 fully saturated rings. The molecule has 1 aliphatic rings. The van der Waals surface area contributed by atoms with Crippen molar-refractivity contribution in [1.82, 2.24) is 0 Å². The van der Waals surface area contributed by atoms with Crippen molar-refractivity contribution in [1.29, 1.82) is 0 Å². The first-order chi connectivity index (χ1) is 12.6. The lowest BCUT2D eigenvalue weighted by atomic mass is 10.1. The van der Waals surface area contributed by atoms with Crippen molar-refractivity contribution in [2.24, 2.45) is 0 Å². The normalized spacial score (nSPS) is 15.2. The molecule has 0 aliphatic carbocycles. The maximum Gasteiger partial charge on any atom is 0.248 e. The Bertz CT molecular complexity index is 765. The van der Waals surface area contributed by atoms with Crippen LogP contribution in [-0.2, 0) is 9.53 Å². The Balaban J connectivity index is 1.56. The summed E-state index contributed by atoms with van der Waals surface area (Å²) in [6.45, 7) is 1.53. The fourth-order valence-corrected chi connectivity index (χ4v) is 2.74. The van der Waals surface area contributed by atoms with Gasteiger partial charge in [0, 0.05) is 42.3 Å².